The first-order valence-electron chi connectivity index (χ1n) is 7.45. The molecule has 0 atom stereocenters. The first-order valence-corrected chi connectivity index (χ1v) is 9.47. The van der Waals surface area contributed by atoms with Crippen molar-refractivity contribution < 1.29 is 23.5 Å². The molecule has 8 heteroatoms. The Morgan fingerprint density at radius 1 is 0.864 bits per heavy atom. The van der Waals surface area contributed by atoms with Crippen LogP contribution in [0.25, 0.3) is 0 Å². The number of amides is 2. The minimum atomic E-state index is -4.93. The molecule has 22 heavy (non-hydrogen) atoms. The normalized spacial score (nSPS) is 14.9. The Morgan fingerprint density at radius 2 is 1.14 bits per heavy atom. The van der Waals surface area contributed by atoms with Gasteiger partial charge in [-0.05, 0) is 0 Å². The molecule has 0 radical (unpaired) electrons. The summed E-state index contributed by atoms with van der Waals surface area (Å²) in [5.74, 6) is -0.963. The molecule has 0 bridgehead atoms. The summed E-state index contributed by atoms with van der Waals surface area (Å²) >= 11 is 0. The molecule has 0 aromatic carbocycles. The van der Waals surface area contributed by atoms with Crippen molar-refractivity contribution >= 4 is 19.4 Å². The van der Waals surface area contributed by atoms with Crippen molar-refractivity contribution in [3.05, 3.63) is 0 Å². The zero-order valence-electron chi connectivity index (χ0n) is 14.9. The van der Waals surface area contributed by atoms with E-state index in [1.165, 1.54) is 0 Å². The fourth-order valence-corrected chi connectivity index (χ4v) is 5.26. The van der Waals surface area contributed by atoms with E-state index in [4.69, 9.17) is 9.05 Å². The van der Waals surface area contributed by atoms with Crippen LogP contribution >= 0.6 is 7.59 Å². The Kier molecular flexibility index (Phi) is 6.56. The van der Waals surface area contributed by atoms with E-state index in [9.17, 15) is 14.5 Å². The van der Waals surface area contributed by atoms with Gasteiger partial charge < -0.3 is 0 Å². The average molecular weight is 338 g/mol. The Hall–Kier alpha value is -0.750. The standard InChI is InChI=1S/C14H31N2O5P/c1-9-11(17)15-22(19,16-12(18)10-2,20-13(3,4)5)21-14(6,7)8/h19H,9-10H2,1-8H3,(H,15,17)(H,16,18). The molecule has 0 unspecified atom stereocenters. The second-order valence-corrected chi connectivity index (χ2v) is 9.74. The van der Waals surface area contributed by atoms with Gasteiger partial charge in [-0.3, -0.25) is 0 Å². The Balaban J connectivity index is 5.98. The summed E-state index contributed by atoms with van der Waals surface area (Å²) < 4.78 is 11.5. The van der Waals surface area contributed by atoms with Crippen LogP contribution in [-0.4, -0.2) is 27.9 Å². The number of carbonyl (C=O) groups excluding carboxylic acids is 2. The van der Waals surface area contributed by atoms with Crippen LogP contribution in [0.2, 0.25) is 0 Å². The predicted molar refractivity (Wildman–Crippen MR) is 87.7 cm³/mol. The third-order valence-corrected chi connectivity index (χ3v) is 5.23. The molecule has 0 aromatic rings. The van der Waals surface area contributed by atoms with Gasteiger partial charge in [0, 0.05) is 0 Å². The number of nitrogens with one attached hydrogen (secondary N) is 2. The molecule has 7 nitrogen and oxygen atoms in total. The van der Waals surface area contributed by atoms with Crippen LogP contribution in [0.5, 0.6) is 0 Å². The molecule has 0 heterocycles. The summed E-state index contributed by atoms with van der Waals surface area (Å²) in [6, 6.07) is 0. The van der Waals surface area contributed by atoms with Gasteiger partial charge in [0.05, 0.1) is 0 Å². The molecule has 2 amide bonds. The fourth-order valence-electron chi connectivity index (χ4n) is 1.75. The molecule has 0 saturated carbocycles. The summed E-state index contributed by atoms with van der Waals surface area (Å²) in [7, 11) is -4.93. The zero-order chi connectivity index (χ0) is 17.8. The van der Waals surface area contributed by atoms with Gasteiger partial charge in [0.2, 0.25) is 0 Å². The molecule has 0 spiro atoms. The second kappa shape index (κ2) is 6.79. The molecule has 0 rings (SSSR count). The van der Waals surface area contributed by atoms with E-state index in [0.717, 1.165) is 0 Å². The summed E-state index contributed by atoms with van der Waals surface area (Å²) in [6.07, 6.45) is 0.225. The van der Waals surface area contributed by atoms with Crippen LogP contribution in [0, 0.1) is 0 Å². The summed E-state index contributed by atoms with van der Waals surface area (Å²) in [4.78, 5) is 35.1. The Morgan fingerprint density at radius 3 is 1.32 bits per heavy atom. The van der Waals surface area contributed by atoms with Crippen LogP contribution < -0.4 is 10.2 Å². The van der Waals surface area contributed by atoms with Crippen molar-refractivity contribution in [2.45, 2.75) is 79.4 Å². The van der Waals surface area contributed by atoms with Crippen molar-refractivity contribution in [3.63, 3.8) is 0 Å². The number of rotatable bonds is 6. The van der Waals surface area contributed by atoms with E-state index >= 15 is 0 Å². The Bertz CT molecular complexity index is 388. The van der Waals surface area contributed by atoms with Gasteiger partial charge >= 0.3 is 133 Å². The van der Waals surface area contributed by atoms with E-state index in [2.05, 4.69) is 10.2 Å². The molecule has 0 aliphatic heterocycles. The molecule has 0 aliphatic rings. The molecule has 0 saturated heterocycles. The van der Waals surface area contributed by atoms with Crippen molar-refractivity contribution in [1.29, 1.82) is 0 Å². The van der Waals surface area contributed by atoms with Crippen LogP contribution in [-0.2, 0) is 18.6 Å². The van der Waals surface area contributed by atoms with Crippen molar-refractivity contribution in [2.24, 2.45) is 0 Å². The van der Waals surface area contributed by atoms with E-state index in [-0.39, 0.29) is 12.8 Å². The Labute approximate surface area is 133 Å². The number of carbonyl (C=O) groups is 2. The molecule has 132 valence electrons. The maximum absolute atomic E-state index is 11.9. The maximum atomic E-state index is 11.9. The van der Waals surface area contributed by atoms with E-state index in [0.29, 0.717) is 0 Å². The predicted octanol–water partition coefficient (Wildman–Crippen LogP) is 2.79. The number of hydrogen-bond donors (Lipinski definition) is 3. The van der Waals surface area contributed by atoms with Crippen molar-refractivity contribution in [1.82, 2.24) is 10.2 Å². The third kappa shape index (κ3) is 7.49. The van der Waals surface area contributed by atoms with Crippen molar-refractivity contribution in [2.75, 3.05) is 0 Å². The molecule has 0 aromatic heterocycles. The second-order valence-electron chi connectivity index (χ2n) is 7.10. The van der Waals surface area contributed by atoms with Crippen LogP contribution in [0.15, 0.2) is 0 Å². The number of hydrogen-bond acceptors (Lipinski definition) is 5. The first kappa shape index (κ1) is 21.2. The summed E-state index contributed by atoms with van der Waals surface area (Å²) in [5.41, 5.74) is -1.72. The quantitative estimate of drug-likeness (QED) is 0.647. The van der Waals surface area contributed by atoms with Gasteiger partial charge in [-0.1, -0.05) is 0 Å². The van der Waals surface area contributed by atoms with Crippen LogP contribution in [0.4, 0.5) is 0 Å². The monoisotopic (exact) mass is 338 g/mol. The summed E-state index contributed by atoms with van der Waals surface area (Å²) in [5, 5.41) is 4.81. The van der Waals surface area contributed by atoms with Gasteiger partial charge in [0.25, 0.3) is 0 Å². The topological polar surface area (TPSA) is 96.9 Å². The third-order valence-electron chi connectivity index (χ3n) is 2.17. The van der Waals surface area contributed by atoms with E-state index in [1.54, 1.807) is 55.4 Å². The SMILES string of the molecule is CCC(=O)NP(O)(NC(=O)CC)(OC(C)(C)C)OC(C)(C)C. The average Bonchev–Trinajstić information content (AvgIpc) is 2.22. The first-order chi connectivity index (χ1) is 9.62. The van der Waals surface area contributed by atoms with Gasteiger partial charge in [0.15, 0.2) is 0 Å². The molecule has 3 N–H and O–H groups in total. The molecular weight excluding hydrogens is 307 g/mol. The van der Waals surface area contributed by atoms with E-state index in [1.807, 2.05) is 0 Å². The molecular formula is C14H31N2O5P. The summed E-state index contributed by atoms with van der Waals surface area (Å²) in [6.45, 7) is 13.5. The van der Waals surface area contributed by atoms with Gasteiger partial charge in [-0.15, -0.1) is 0 Å². The van der Waals surface area contributed by atoms with Gasteiger partial charge in [0.1, 0.15) is 0 Å². The van der Waals surface area contributed by atoms with Crippen LogP contribution in [0.3, 0.4) is 0 Å². The minimum absolute atomic E-state index is 0.113. The van der Waals surface area contributed by atoms with Crippen molar-refractivity contribution in [3.8, 4) is 0 Å². The van der Waals surface area contributed by atoms with Crippen LogP contribution in [0.1, 0.15) is 68.2 Å². The fraction of sp³-hybridized carbons (Fsp3) is 0.857. The van der Waals surface area contributed by atoms with Gasteiger partial charge in [-0.25, -0.2) is 0 Å². The molecule has 0 aliphatic carbocycles. The van der Waals surface area contributed by atoms with E-state index < -0.39 is 30.6 Å². The zero-order valence-corrected chi connectivity index (χ0v) is 15.8. The molecule has 0 fully saturated rings. The van der Waals surface area contributed by atoms with Gasteiger partial charge in [-0.2, -0.15) is 0 Å².